The average Bonchev–Trinajstić information content (AvgIpc) is 2.42. The summed E-state index contributed by atoms with van der Waals surface area (Å²) < 4.78 is 14.9. The Hall–Kier alpha value is -1.68. The fraction of sp³-hybridized carbons (Fsp3) is 0.133. The van der Waals surface area contributed by atoms with Gasteiger partial charge in [-0.25, -0.2) is 4.39 Å². The molecular weight excluding hydrogens is 307 g/mol. The Bertz CT molecular complexity index is 667. The maximum atomic E-state index is 13.8. The third-order valence-corrected chi connectivity index (χ3v) is 4.16. The number of halogens is 2. The summed E-state index contributed by atoms with van der Waals surface area (Å²) in [5, 5.41) is 0. The number of benzene rings is 2. The molecule has 0 aromatic heterocycles. The van der Waals surface area contributed by atoms with Crippen molar-refractivity contribution in [3.63, 3.8) is 0 Å². The first-order valence-corrected chi connectivity index (χ1v) is 6.79. The van der Waals surface area contributed by atoms with Gasteiger partial charge in [0.1, 0.15) is 5.82 Å². The van der Waals surface area contributed by atoms with Gasteiger partial charge in [0.25, 0.3) is 0 Å². The van der Waals surface area contributed by atoms with Crippen LogP contribution in [0.4, 0.5) is 15.8 Å². The molecule has 0 bridgehead atoms. The van der Waals surface area contributed by atoms with Crippen LogP contribution in [-0.2, 0) is 6.54 Å². The molecule has 0 amide bonds. The fourth-order valence-electron chi connectivity index (χ4n) is 2.25. The first kappa shape index (κ1) is 12.4. The lowest BCUT2D eigenvalue weighted by Crippen LogP contribution is -2.21. The van der Waals surface area contributed by atoms with E-state index < -0.39 is 0 Å². The number of hydrogen-bond acceptors (Lipinski definition) is 2. The molecule has 0 saturated heterocycles. The molecule has 2 nitrogen and oxygen atoms in total. The highest BCUT2D eigenvalue weighted by Gasteiger charge is 2.19. The highest BCUT2D eigenvalue weighted by Crippen LogP contribution is 2.35. The van der Waals surface area contributed by atoms with Crippen molar-refractivity contribution < 1.29 is 4.39 Å². The molecule has 1 heterocycles. The van der Waals surface area contributed by atoms with Gasteiger partial charge in [0, 0.05) is 10.0 Å². The predicted molar refractivity (Wildman–Crippen MR) is 79.6 cm³/mol. The maximum absolute atomic E-state index is 13.8. The smallest absolute Gasteiger partial charge is 0.130 e. The topological polar surface area (TPSA) is 15.6 Å². The zero-order valence-electron chi connectivity index (χ0n) is 10.4. The molecule has 0 atom stereocenters. The van der Waals surface area contributed by atoms with Crippen LogP contribution in [-0.4, -0.2) is 6.34 Å². The molecule has 0 saturated carbocycles. The van der Waals surface area contributed by atoms with E-state index in [0.29, 0.717) is 12.1 Å². The minimum atomic E-state index is -0.202. The number of nitrogens with zero attached hydrogens (tertiary/aromatic N) is 2. The van der Waals surface area contributed by atoms with Crippen LogP contribution in [0, 0.1) is 12.7 Å². The van der Waals surface area contributed by atoms with Gasteiger partial charge in [-0.05, 0) is 36.8 Å². The molecule has 3 rings (SSSR count). The van der Waals surface area contributed by atoms with E-state index in [-0.39, 0.29) is 5.82 Å². The van der Waals surface area contributed by atoms with E-state index in [1.165, 1.54) is 6.07 Å². The van der Waals surface area contributed by atoms with E-state index >= 15 is 0 Å². The van der Waals surface area contributed by atoms with Crippen LogP contribution in [0.15, 0.2) is 45.9 Å². The lowest BCUT2D eigenvalue weighted by molar-refractivity contribution is 0.610. The SMILES string of the molecule is Cc1c(Br)cccc1N1C=NCc2c(F)cccc21. The minimum Gasteiger partial charge on any atom is -0.301 e. The van der Waals surface area contributed by atoms with Crippen molar-refractivity contribution in [3.05, 3.63) is 57.8 Å². The zero-order chi connectivity index (χ0) is 13.4. The summed E-state index contributed by atoms with van der Waals surface area (Å²) in [5.41, 5.74) is 3.61. The monoisotopic (exact) mass is 318 g/mol. The molecule has 0 unspecified atom stereocenters. The largest absolute Gasteiger partial charge is 0.301 e. The number of hydrogen-bond donors (Lipinski definition) is 0. The van der Waals surface area contributed by atoms with Gasteiger partial charge in [0.05, 0.1) is 24.3 Å². The molecule has 0 spiro atoms. The van der Waals surface area contributed by atoms with Gasteiger partial charge in [-0.3, -0.25) is 4.99 Å². The van der Waals surface area contributed by atoms with Gasteiger partial charge in [0.15, 0.2) is 0 Å². The Morgan fingerprint density at radius 2 is 1.89 bits per heavy atom. The average molecular weight is 319 g/mol. The maximum Gasteiger partial charge on any atom is 0.130 e. The van der Waals surface area contributed by atoms with Crippen LogP contribution < -0.4 is 4.90 Å². The summed E-state index contributed by atoms with van der Waals surface area (Å²) in [6.45, 7) is 2.42. The Kier molecular flexibility index (Phi) is 3.11. The number of anilines is 2. The summed E-state index contributed by atoms with van der Waals surface area (Å²) >= 11 is 3.52. The summed E-state index contributed by atoms with van der Waals surface area (Å²) in [5.74, 6) is -0.202. The van der Waals surface area contributed by atoms with E-state index in [9.17, 15) is 4.39 Å². The molecule has 0 N–H and O–H groups in total. The summed E-state index contributed by atoms with van der Waals surface area (Å²) in [6, 6.07) is 11.1. The van der Waals surface area contributed by atoms with Crippen molar-refractivity contribution in [1.29, 1.82) is 0 Å². The summed E-state index contributed by atoms with van der Waals surface area (Å²) in [4.78, 5) is 6.19. The van der Waals surface area contributed by atoms with Crippen LogP contribution in [0.5, 0.6) is 0 Å². The lowest BCUT2D eigenvalue weighted by Gasteiger charge is -2.27. The molecule has 96 valence electrons. The Morgan fingerprint density at radius 1 is 1.16 bits per heavy atom. The highest BCUT2D eigenvalue weighted by atomic mass is 79.9. The Balaban J connectivity index is 2.17. The molecule has 2 aromatic carbocycles. The molecule has 0 radical (unpaired) electrons. The molecule has 1 aliphatic heterocycles. The molecule has 2 aromatic rings. The first-order valence-electron chi connectivity index (χ1n) is 6.00. The third-order valence-electron chi connectivity index (χ3n) is 3.30. The quantitative estimate of drug-likeness (QED) is 0.751. The molecule has 0 fully saturated rings. The second-order valence-corrected chi connectivity index (χ2v) is 5.30. The van der Waals surface area contributed by atoms with Gasteiger partial charge < -0.3 is 4.90 Å². The van der Waals surface area contributed by atoms with Crippen molar-refractivity contribution in [3.8, 4) is 0 Å². The van der Waals surface area contributed by atoms with E-state index in [4.69, 9.17) is 0 Å². The normalized spacial score (nSPS) is 13.5. The first-order chi connectivity index (χ1) is 9.18. The zero-order valence-corrected chi connectivity index (χ0v) is 12.0. The number of aliphatic imine (C=N–C) groups is 1. The van der Waals surface area contributed by atoms with Crippen molar-refractivity contribution >= 4 is 33.6 Å². The second-order valence-electron chi connectivity index (χ2n) is 4.45. The van der Waals surface area contributed by atoms with Crippen molar-refractivity contribution in [2.75, 3.05) is 4.90 Å². The van der Waals surface area contributed by atoms with Crippen molar-refractivity contribution in [2.24, 2.45) is 4.99 Å². The highest BCUT2D eigenvalue weighted by molar-refractivity contribution is 9.10. The Labute approximate surface area is 119 Å². The van der Waals surface area contributed by atoms with Crippen molar-refractivity contribution in [2.45, 2.75) is 13.5 Å². The molecule has 0 aliphatic carbocycles. The fourth-order valence-corrected chi connectivity index (χ4v) is 2.61. The summed E-state index contributed by atoms with van der Waals surface area (Å²) in [7, 11) is 0. The summed E-state index contributed by atoms with van der Waals surface area (Å²) in [6.07, 6.45) is 1.76. The van der Waals surface area contributed by atoms with Gasteiger partial charge >= 0.3 is 0 Å². The van der Waals surface area contributed by atoms with E-state index in [2.05, 4.69) is 20.9 Å². The van der Waals surface area contributed by atoms with E-state index in [0.717, 1.165) is 21.4 Å². The molecule has 1 aliphatic rings. The van der Waals surface area contributed by atoms with Crippen LogP contribution in [0.2, 0.25) is 0 Å². The molecule has 19 heavy (non-hydrogen) atoms. The minimum absolute atomic E-state index is 0.202. The van der Waals surface area contributed by atoms with E-state index in [1.54, 1.807) is 12.4 Å². The van der Waals surface area contributed by atoms with Crippen LogP contribution in [0.3, 0.4) is 0 Å². The van der Waals surface area contributed by atoms with Crippen LogP contribution in [0.1, 0.15) is 11.1 Å². The second kappa shape index (κ2) is 4.78. The van der Waals surface area contributed by atoms with E-state index in [1.807, 2.05) is 36.1 Å². The van der Waals surface area contributed by atoms with Crippen LogP contribution in [0.25, 0.3) is 0 Å². The molecule has 4 heteroatoms. The third kappa shape index (κ3) is 2.06. The van der Waals surface area contributed by atoms with Gasteiger partial charge in [-0.15, -0.1) is 0 Å². The van der Waals surface area contributed by atoms with Crippen molar-refractivity contribution in [1.82, 2.24) is 0 Å². The predicted octanol–water partition coefficient (Wildman–Crippen LogP) is 4.58. The van der Waals surface area contributed by atoms with Gasteiger partial charge in [-0.2, -0.15) is 0 Å². The number of fused-ring (bicyclic) bond motifs is 1. The van der Waals surface area contributed by atoms with Gasteiger partial charge in [-0.1, -0.05) is 28.1 Å². The number of rotatable bonds is 1. The standard InChI is InChI=1S/C15H12BrFN2/c1-10-12(16)4-2-6-14(10)19-9-18-8-11-13(17)5-3-7-15(11)19/h2-7,9H,8H2,1H3. The lowest BCUT2D eigenvalue weighted by atomic mass is 10.1. The van der Waals surface area contributed by atoms with Gasteiger partial charge in [0.2, 0.25) is 0 Å². The molecular formula is C15H12BrFN2. The van der Waals surface area contributed by atoms with Crippen LogP contribution >= 0.6 is 15.9 Å². The Morgan fingerprint density at radius 3 is 2.74 bits per heavy atom.